The van der Waals surface area contributed by atoms with E-state index in [0.29, 0.717) is 19.3 Å². The summed E-state index contributed by atoms with van der Waals surface area (Å²) in [6.45, 7) is 17.7. The van der Waals surface area contributed by atoms with E-state index in [2.05, 4.69) is 0 Å². The summed E-state index contributed by atoms with van der Waals surface area (Å²) in [7, 11) is 5.29. The monoisotopic (exact) mass is 733 g/mol. The standard InChI is InChI=1S/C38H71NO12/c1-14-27-38(10,45)31(41)21(3)16-15-20(2)18-36(8,44)33(51-35-29(40)26(39(11)12)17-22(4)47-35)23(5)30(24(6)34(43)49-27)50-28-19-37(9,46-13)32(42)25(7)48-28/h20-33,35,40-42,44-45H,14-19H2,1-13H3/t20?,21?,22?,23?,24?,25?,26?,27-,28?,29?,30?,31?,32?,33?,35?,36?,37?,38?/m1/s1. The summed E-state index contributed by atoms with van der Waals surface area (Å²) in [5.41, 5.74) is -4.26. The third kappa shape index (κ3) is 10.2. The number of esters is 1. The molecule has 3 aliphatic heterocycles. The third-order valence-corrected chi connectivity index (χ3v) is 12.1. The van der Waals surface area contributed by atoms with Crippen LogP contribution in [0.4, 0.5) is 0 Å². The molecule has 3 fully saturated rings. The van der Waals surface area contributed by atoms with Gasteiger partial charge in [-0.3, -0.25) is 4.79 Å². The molecule has 0 spiro atoms. The fourth-order valence-electron chi connectivity index (χ4n) is 8.67. The second-order valence-electron chi connectivity index (χ2n) is 17.0. The number of aliphatic hydroxyl groups excluding tert-OH is 3. The Morgan fingerprint density at radius 1 is 0.902 bits per heavy atom. The topological polar surface area (TPSA) is 177 Å². The van der Waals surface area contributed by atoms with Crippen molar-refractivity contribution in [3.05, 3.63) is 0 Å². The SMILES string of the molecule is CC[C@H]1OC(=O)C(C)C(OC2CC(C)(OC)C(O)C(C)O2)C(C)C(OC2OC(C)CC(N(C)C)C2O)C(C)(O)CC(C)CCC(C)C(O)C1(C)O. The van der Waals surface area contributed by atoms with E-state index in [9.17, 15) is 30.3 Å². The molecule has 13 nitrogen and oxygen atoms in total. The first kappa shape index (κ1) is 44.4. The number of hydrogen-bond donors (Lipinski definition) is 5. The van der Waals surface area contributed by atoms with Crippen LogP contribution >= 0.6 is 0 Å². The van der Waals surface area contributed by atoms with E-state index in [1.54, 1.807) is 34.6 Å². The number of cyclic esters (lactones) is 1. The molecule has 3 aliphatic rings. The lowest BCUT2D eigenvalue weighted by molar-refractivity contribution is -0.318. The van der Waals surface area contributed by atoms with Gasteiger partial charge >= 0.3 is 5.97 Å². The molecule has 5 N–H and O–H groups in total. The van der Waals surface area contributed by atoms with Gasteiger partial charge in [0.1, 0.15) is 23.9 Å². The Hall–Kier alpha value is -0.970. The third-order valence-electron chi connectivity index (χ3n) is 12.1. The largest absolute Gasteiger partial charge is 0.459 e. The van der Waals surface area contributed by atoms with Gasteiger partial charge in [-0.2, -0.15) is 0 Å². The van der Waals surface area contributed by atoms with Crippen molar-refractivity contribution in [3.63, 3.8) is 0 Å². The maximum Gasteiger partial charge on any atom is 0.311 e. The number of aliphatic hydroxyl groups is 5. The Bertz CT molecular complexity index is 1110. The van der Waals surface area contributed by atoms with E-state index in [-0.39, 0.29) is 43.2 Å². The van der Waals surface area contributed by atoms with Crippen molar-refractivity contribution in [2.75, 3.05) is 21.2 Å². The summed E-state index contributed by atoms with van der Waals surface area (Å²) in [6.07, 6.45) is -6.67. The van der Waals surface area contributed by atoms with Gasteiger partial charge < -0.3 is 58.9 Å². The number of nitrogens with zero attached hydrogens (tertiary/aromatic N) is 1. The van der Waals surface area contributed by atoms with E-state index in [1.165, 1.54) is 14.0 Å². The Balaban J connectivity index is 2.15. The first-order valence-electron chi connectivity index (χ1n) is 19.0. The average molecular weight is 734 g/mol. The van der Waals surface area contributed by atoms with Gasteiger partial charge in [-0.05, 0) is 93.2 Å². The zero-order chi connectivity index (χ0) is 38.8. The Kier molecular flexibility index (Phi) is 15.4. The van der Waals surface area contributed by atoms with Gasteiger partial charge in [-0.25, -0.2) is 0 Å². The van der Waals surface area contributed by atoms with Gasteiger partial charge in [0.15, 0.2) is 12.6 Å². The van der Waals surface area contributed by atoms with Crippen LogP contribution in [0.3, 0.4) is 0 Å². The summed E-state index contributed by atoms with van der Waals surface area (Å²) in [5, 5.41) is 57.8. The smallest absolute Gasteiger partial charge is 0.311 e. The van der Waals surface area contributed by atoms with Gasteiger partial charge in [0.2, 0.25) is 0 Å². The van der Waals surface area contributed by atoms with Gasteiger partial charge in [0.05, 0.1) is 47.6 Å². The molecule has 0 aromatic heterocycles. The molecule has 17 unspecified atom stereocenters. The minimum atomic E-state index is -1.74. The molecule has 3 saturated heterocycles. The van der Waals surface area contributed by atoms with E-state index in [0.717, 1.165) is 0 Å². The number of rotatable bonds is 7. The van der Waals surface area contributed by atoms with Crippen molar-refractivity contribution in [1.29, 1.82) is 0 Å². The first-order chi connectivity index (χ1) is 23.5. The summed E-state index contributed by atoms with van der Waals surface area (Å²) in [6, 6.07) is -0.261. The highest BCUT2D eigenvalue weighted by molar-refractivity contribution is 5.73. The van der Waals surface area contributed by atoms with Crippen LogP contribution in [0.2, 0.25) is 0 Å². The summed E-state index contributed by atoms with van der Waals surface area (Å²) < 4.78 is 37.5. The molecule has 0 amide bonds. The van der Waals surface area contributed by atoms with Crippen molar-refractivity contribution >= 4 is 5.97 Å². The fourth-order valence-corrected chi connectivity index (χ4v) is 8.67. The number of hydrogen-bond acceptors (Lipinski definition) is 13. The van der Waals surface area contributed by atoms with Crippen LogP contribution in [0.25, 0.3) is 0 Å². The molecule has 0 aliphatic carbocycles. The van der Waals surface area contributed by atoms with E-state index in [4.69, 9.17) is 28.4 Å². The predicted molar refractivity (Wildman–Crippen MR) is 190 cm³/mol. The van der Waals surface area contributed by atoms with Crippen LogP contribution in [-0.2, 0) is 33.2 Å². The Morgan fingerprint density at radius 3 is 2.10 bits per heavy atom. The van der Waals surface area contributed by atoms with E-state index in [1.807, 2.05) is 46.7 Å². The van der Waals surface area contributed by atoms with Crippen LogP contribution in [-0.4, -0.2) is 142 Å². The van der Waals surface area contributed by atoms with Crippen LogP contribution < -0.4 is 0 Å². The zero-order valence-corrected chi connectivity index (χ0v) is 33.4. The second kappa shape index (κ2) is 17.7. The Labute approximate surface area is 306 Å². The quantitative estimate of drug-likeness (QED) is 0.242. The van der Waals surface area contributed by atoms with Gasteiger partial charge in [-0.15, -0.1) is 0 Å². The number of likely N-dealkylation sites (N-methyl/N-ethyl adjacent to an activating group) is 1. The minimum absolute atomic E-state index is 0.0447. The summed E-state index contributed by atoms with van der Waals surface area (Å²) in [5.74, 6) is -2.77. The van der Waals surface area contributed by atoms with Crippen LogP contribution in [0.15, 0.2) is 0 Å². The van der Waals surface area contributed by atoms with Crippen molar-refractivity contribution in [3.8, 4) is 0 Å². The molecule has 0 aromatic carbocycles. The lowest BCUT2D eigenvalue weighted by atomic mass is 9.76. The second-order valence-corrected chi connectivity index (χ2v) is 17.0. The van der Waals surface area contributed by atoms with Crippen LogP contribution in [0.1, 0.15) is 108 Å². The van der Waals surface area contributed by atoms with Gasteiger partial charge in [-0.1, -0.05) is 34.1 Å². The van der Waals surface area contributed by atoms with Crippen molar-refractivity contribution < 1.29 is 58.7 Å². The maximum absolute atomic E-state index is 14.1. The lowest BCUT2D eigenvalue weighted by Gasteiger charge is -2.48. The van der Waals surface area contributed by atoms with Crippen molar-refractivity contribution in [1.82, 2.24) is 4.90 Å². The highest BCUT2D eigenvalue weighted by Gasteiger charge is 2.52. The molecular formula is C38H71NO12. The average Bonchev–Trinajstić information content (AvgIpc) is 3.05. The molecule has 0 aromatic rings. The molecule has 300 valence electrons. The lowest BCUT2D eigenvalue weighted by Crippen LogP contribution is -2.60. The minimum Gasteiger partial charge on any atom is -0.459 e. The summed E-state index contributed by atoms with van der Waals surface area (Å²) >= 11 is 0. The van der Waals surface area contributed by atoms with Crippen molar-refractivity contribution in [2.24, 2.45) is 23.7 Å². The Morgan fingerprint density at radius 2 is 1.53 bits per heavy atom. The number of ether oxygens (including phenoxy) is 6. The molecule has 3 rings (SSSR count). The van der Waals surface area contributed by atoms with Crippen molar-refractivity contribution in [2.45, 2.75) is 192 Å². The van der Waals surface area contributed by atoms with Crippen LogP contribution in [0, 0.1) is 23.7 Å². The molecule has 0 radical (unpaired) electrons. The number of carbonyl (C=O) groups excluding carboxylic acids is 1. The molecule has 13 heteroatoms. The highest BCUT2D eigenvalue weighted by atomic mass is 16.7. The number of methoxy groups -OCH3 is 1. The van der Waals surface area contributed by atoms with Gasteiger partial charge in [0, 0.05) is 25.5 Å². The molecule has 0 bridgehead atoms. The number of carbonyl (C=O) groups is 1. The molecule has 0 saturated carbocycles. The van der Waals surface area contributed by atoms with Crippen LogP contribution in [0.5, 0.6) is 0 Å². The molecule has 18 atom stereocenters. The maximum atomic E-state index is 14.1. The van der Waals surface area contributed by atoms with E-state index >= 15 is 0 Å². The predicted octanol–water partition coefficient (Wildman–Crippen LogP) is 3.00. The molecule has 3 heterocycles. The van der Waals surface area contributed by atoms with E-state index < -0.39 is 89.9 Å². The highest BCUT2D eigenvalue weighted by Crippen LogP contribution is 2.40. The first-order valence-corrected chi connectivity index (χ1v) is 19.0. The summed E-state index contributed by atoms with van der Waals surface area (Å²) in [4.78, 5) is 16.1. The molecular weight excluding hydrogens is 662 g/mol. The molecule has 51 heavy (non-hydrogen) atoms. The normalized spacial score (nSPS) is 49.9. The fraction of sp³-hybridized carbons (Fsp3) is 0.974. The van der Waals surface area contributed by atoms with Gasteiger partial charge in [0.25, 0.3) is 0 Å². The zero-order valence-electron chi connectivity index (χ0n) is 33.4.